The third-order valence-electron chi connectivity index (χ3n) is 1.24. The van der Waals surface area contributed by atoms with Gasteiger partial charge in [-0.3, -0.25) is 0 Å². The maximum Gasteiger partial charge on any atom is 0.155 e. The minimum Gasteiger partial charge on any atom is -0.126 e. The molecule has 1 fully saturated rings. The zero-order valence-corrected chi connectivity index (χ0v) is 11.9. The normalized spacial score (nSPS) is 23.5. The molecule has 0 radical (unpaired) electrons. The second kappa shape index (κ2) is 5.32. The van der Waals surface area contributed by atoms with Crippen LogP contribution in [0.4, 0.5) is 0 Å². The molecule has 0 aliphatic carbocycles. The van der Waals surface area contributed by atoms with E-state index < -0.39 is 0 Å². The maximum atomic E-state index is 2.28. The Balaban J connectivity index is 0.000000561. The molecule has 1 aliphatic rings. The molecule has 0 amide bonds. The molecule has 1 rings (SSSR count). The third-order valence-corrected chi connectivity index (χ3v) is 8.72. The highest BCUT2D eigenvalue weighted by molar-refractivity contribution is 8.56. The van der Waals surface area contributed by atoms with E-state index in [1.54, 1.807) is 0 Å². The lowest BCUT2D eigenvalue weighted by Gasteiger charge is -2.49. The zero-order chi connectivity index (χ0) is 9.83. The molecule has 0 unspecified atom stereocenters. The average molecular weight is 242 g/mol. The molecule has 0 aromatic rings. The van der Waals surface area contributed by atoms with Gasteiger partial charge >= 0.3 is 0 Å². The molecule has 0 nitrogen and oxygen atoms in total. The van der Waals surface area contributed by atoms with E-state index in [9.17, 15) is 0 Å². The van der Waals surface area contributed by atoms with E-state index in [0.29, 0.717) is 6.82 Å². The summed E-state index contributed by atoms with van der Waals surface area (Å²) < 4.78 is 0.857. The molecule has 4 heteroatoms. The molecule has 0 bridgehead atoms. The molecule has 74 valence electrons. The minimum absolute atomic E-state index is 0.406. The van der Waals surface area contributed by atoms with Crippen molar-refractivity contribution >= 4 is 47.0 Å². The molecule has 0 saturated carbocycles. The van der Waals surface area contributed by atoms with E-state index in [1.807, 2.05) is 37.4 Å². The van der Waals surface area contributed by atoms with Crippen molar-refractivity contribution < 1.29 is 0 Å². The summed E-state index contributed by atoms with van der Waals surface area (Å²) in [6.45, 7) is 8.57. The summed E-state index contributed by atoms with van der Waals surface area (Å²) >= 11 is 8.03. The summed E-state index contributed by atoms with van der Waals surface area (Å²) in [5.41, 5.74) is 0. The summed E-state index contributed by atoms with van der Waals surface area (Å²) in [6.07, 6.45) is 4.37. The second-order valence-electron chi connectivity index (χ2n) is 2.51. The standard InChI is InChI=1S/C6H12S4.C2H6/c1-5(2)9-6(7-3,8-4)10-5;1-2/h1-4H3;1-2H3. The minimum atomic E-state index is 0.406. The summed E-state index contributed by atoms with van der Waals surface area (Å²) in [7, 11) is 0. The first-order chi connectivity index (χ1) is 5.54. The van der Waals surface area contributed by atoms with Crippen LogP contribution in [-0.4, -0.2) is 19.3 Å². The summed E-state index contributed by atoms with van der Waals surface area (Å²) in [6, 6.07) is 0. The molecule has 0 atom stereocenters. The summed E-state index contributed by atoms with van der Waals surface area (Å²) in [4.78, 5) is 0. The lowest BCUT2D eigenvalue weighted by atomic mass is 10.5. The Hall–Kier alpha value is 1.40. The molecule has 0 aromatic carbocycles. The van der Waals surface area contributed by atoms with Crippen molar-refractivity contribution in [3.05, 3.63) is 0 Å². The fourth-order valence-electron chi connectivity index (χ4n) is 0.860. The highest BCUT2D eigenvalue weighted by atomic mass is 32.3. The molecule has 12 heavy (non-hydrogen) atoms. The van der Waals surface area contributed by atoms with E-state index in [4.69, 9.17) is 0 Å². The Morgan fingerprint density at radius 3 is 1.33 bits per heavy atom. The van der Waals surface area contributed by atoms with Gasteiger partial charge in [-0.25, -0.2) is 0 Å². The predicted octanol–water partition coefficient (Wildman–Crippen LogP) is 4.57. The Kier molecular flexibility index (Phi) is 5.94. The number of hydrogen-bond donors (Lipinski definition) is 0. The number of thioether (sulfide) groups is 4. The van der Waals surface area contributed by atoms with Gasteiger partial charge in [0.25, 0.3) is 0 Å². The first-order valence-corrected chi connectivity index (χ1v) is 8.12. The SMILES string of the molecule is CC.CSC1(SC)SC(C)(C)S1. The van der Waals surface area contributed by atoms with Gasteiger partial charge in [-0.15, -0.1) is 47.0 Å². The fraction of sp³-hybridized carbons (Fsp3) is 1.00. The van der Waals surface area contributed by atoms with Crippen molar-refractivity contribution in [2.24, 2.45) is 0 Å². The van der Waals surface area contributed by atoms with Crippen LogP contribution in [0.25, 0.3) is 0 Å². The van der Waals surface area contributed by atoms with Gasteiger partial charge in [0.05, 0.1) is 4.08 Å². The van der Waals surface area contributed by atoms with Crippen LogP contribution in [0.15, 0.2) is 0 Å². The van der Waals surface area contributed by atoms with Gasteiger partial charge in [0.15, 0.2) is 2.74 Å². The first-order valence-electron chi connectivity index (χ1n) is 4.04. The highest BCUT2D eigenvalue weighted by Gasteiger charge is 2.50. The summed E-state index contributed by atoms with van der Waals surface area (Å²) in [5.74, 6) is 0. The van der Waals surface area contributed by atoms with Crippen molar-refractivity contribution in [3.8, 4) is 0 Å². The third kappa shape index (κ3) is 3.28. The second-order valence-corrected chi connectivity index (χ2v) is 10.0. The Bertz CT molecular complexity index is 119. The van der Waals surface area contributed by atoms with Crippen LogP contribution in [0, 0.1) is 0 Å². The Morgan fingerprint density at radius 2 is 1.25 bits per heavy atom. The average Bonchev–Trinajstić information content (AvgIpc) is 2.03. The van der Waals surface area contributed by atoms with Gasteiger partial charge < -0.3 is 0 Å². The highest BCUT2D eigenvalue weighted by Crippen LogP contribution is 2.72. The van der Waals surface area contributed by atoms with E-state index in [1.165, 1.54) is 0 Å². The van der Waals surface area contributed by atoms with Crippen LogP contribution >= 0.6 is 47.0 Å². The van der Waals surface area contributed by atoms with Crippen molar-refractivity contribution in [1.82, 2.24) is 0 Å². The quantitative estimate of drug-likeness (QED) is 0.650. The maximum absolute atomic E-state index is 2.28. The molecule has 1 saturated heterocycles. The molecule has 0 N–H and O–H groups in total. The molecule has 1 aliphatic heterocycles. The summed E-state index contributed by atoms with van der Waals surface area (Å²) in [5, 5.41) is 0. The lowest BCUT2D eigenvalue weighted by molar-refractivity contribution is 1.01. The van der Waals surface area contributed by atoms with Gasteiger partial charge in [0, 0.05) is 0 Å². The van der Waals surface area contributed by atoms with Crippen LogP contribution in [0.2, 0.25) is 0 Å². The molecular weight excluding hydrogens is 224 g/mol. The van der Waals surface area contributed by atoms with E-state index in [-0.39, 0.29) is 0 Å². The number of hydrogen-bond acceptors (Lipinski definition) is 4. The topological polar surface area (TPSA) is 0 Å². The smallest absolute Gasteiger partial charge is 0.126 e. The van der Waals surface area contributed by atoms with Gasteiger partial charge in [-0.1, -0.05) is 13.8 Å². The van der Waals surface area contributed by atoms with Crippen molar-refractivity contribution in [2.75, 3.05) is 12.5 Å². The molecule has 1 heterocycles. The van der Waals surface area contributed by atoms with Crippen LogP contribution in [0.1, 0.15) is 27.7 Å². The molecular formula is C8H18S4. The van der Waals surface area contributed by atoms with Crippen LogP contribution in [-0.2, 0) is 0 Å². The lowest BCUT2D eigenvalue weighted by Crippen LogP contribution is -2.34. The Labute approximate surface area is 93.8 Å². The van der Waals surface area contributed by atoms with E-state index in [0.717, 1.165) is 0 Å². The van der Waals surface area contributed by atoms with Gasteiger partial charge in [0.2, 0.25) is 0 Å². The molecule has 0 aromatic heterocycles. The van der Waals surface area contributed by atoms with Crippen molar-refractivity contribution in [2.45, 2.75) is 34.5 Å². The number of rotatable bonds is 2. The van der Waals surface area contributed by atoms with Gasteiger partial charge in [-0.2, -0.15) is 0 Å². The van der Waals surface area contributed by atoms with Gasteiger partial charge in [-0.05, 0) is 26.4 Å². The van der Waals surface area contributed by atoms with E-state index in [2.05, 4.69) is 49.9 Å². The Morgan fingerprint density at radius 1 is 0.917 bits per heavy atom. The fourth-order valence-corrected chi connectivity index (χ4v) is 8.96. The monoisotopic (exact) mass is 242 g/mol. The van der Waals surface area contributed by atoms with Crippen molar-refractivity contribution in [1.29, 1.82) is 0 Å². The van der Waals surface area contributed by atoms with Crippen molar-refractivity contribution in [3.63, 3.8) is 0 Å². The largest absolute Gasteiger partial charge is 0.155 e. The van der Waals surface area contributed by atoms with E-state index >= 15 is 0 Å². The predicted molar refractivity (Wildman–Crippen MR) is 70.4 cm³/mol. The van der Waals surface area contributed by atoms with Gasteiger partial charge in [0.1, 0.15) is 0 Å². The van der Waals surface area contributed by atoms with Crippen LogP contribution < -0.4 is 0 Å². The van der Waals surface area contributed by atoms with Crippen LogP contribution in [0.3, 0.4) is 0 Å². The molecule has 0 spiro atoms. The zero-order valence-electron chi connectivity index (χ0n) is 8.63. The first kappa shape index (κ1) is 13.4. The van der Waals surface area contributed by atoms with Crippen LogP contribution in [0.5, 0.6) is 0 Å².